The van der Waals surface area contributed by atoms with Gasteiger partial charge in [0.05, 0.1) is 67.0 Å². The summed E-state index contributed by atoms with van der Waals surface area (Å²) in [5.41, 5.74) is 18.7. The van der Waals surface area contributed by atoms with Gasteiger partial charge < -0.3 is 41.4 Å². The summed E-state index contributed by atoms with van der Waals surface area (Å²) in [6.45, 7) is 4.18. The Morgan fingerprint density at radius 1 is 0.404 bits per heavy atom. The number of anilines is 9. The molecular formula is C68H57ClN18O2. The first-order valence-corrected chi connectivity index (χ1v) is 29.0. The zero-order chi connectivity index (χ0) is 60.5. The van der Waals surface area contributed by atoms with Gasteiger partial charge in [0, 0.05) is 130 Å². The van der Waals surface area contributed by atoms with Crippen molar-refractivity contribution in [2.45, 2.75) is 26.3 Å². The van der Waals surface area contributed by atoms with Gasteiger partial charge in [0.1, 0.15) is 17.5 Å². The number of nitrogens with zero attached hydrogens (tertiary/aromatic N) is 12. The molecule has 0 spiro atoms. The van der Waals surface area contributed by atoms with Crippen molar-refractivity contribution in [1.82, 2.24) is 59.8 Å². The second-order valence-electron chi connectivity index (χ2n) is 20.7. The maximum Gasteiger partial charge on any atom is 0.223 e. The Bertz CT molecular complexity index is 4540. The molecule has 89 heavy (non-hydrogen) atoms. The Hall–Kier alpha value is -11.5. The van der Waals surface area contributed by atoms with E-state index in [0.29, 0.717) is 30.9 Å². The summed E-state index contributed by atoms with van der Waals surface area (Å²) in [4.78, 5) is 54.3. The van der Waals surface area contributed by atoms with Gasteiger partial charge >= 0.3 is 0 Å². The number of nitrogens with one attached hydrogen (secondary N) is 6. The summed E-state index contributed by atoms with van der Waals surface area (Å²) < 4.78 is 10.7. The van der Waals surface area contributed by atoms with Crippen LogP contribution >= 0.6 is 11.6 Å². The van der Waals surface area contributed by atoms with Crippen LogP contribution in [0.2, 0.25) is 5.02 Å². The van der Waals surface area contributed by atoms with Gasteiger partial charge in [-0.25, -0.2) is 44.9 Å². The third-order valence-electron chi connectivity index (χ3n) is 15.1. The molecule has 6 N–H and O–H groups in total. The van der Waals surface area contributed by atoms with Gasteiger partial charge in [-0.15, -0.1) is 0 Å². The molecule has 12 aromatic rings. The van der Waals surface area contributed by atoms with Gasteiger partial charge in [-0.2, -0.15) is 0 Å². The molecule has 0 amide bonds. The third kappa shape index (κ3) is 12.5. The fourth-order valence-corrected chi connectivity index (χ4v) is 10.7. The topological polar surface area (TPSA) is 245 Å². The highest BCUT2D eigenvalue weighted by molar-refractivity contribution is 6.30. The number of fused-ring (bicyclic) bond motifs is 15. The first-order valence-electron chi connectivity index (χ1n) is 28.7. The quantitative estimate of drug-likeness (QED) is 0.0628. The first-order chi connectivity index (χ1) is 43.8. The van der Waals surface area contributed by atoms with Gasteiger partial charge in [0.15, 0.2) is 11.5 Å². The number of pyridine rings is 6. The minimum absolute atomic E-state index is 0.556. The molecule has 21 heteroatoms. The molecule has 12 heterocycles. The van der Waals surface area contributed by atoms with Crippen LogP contribution in [0.4, 0.5) is 52.4 Å². The predicted molar refractivity (Wildman–Crippen MR) is 349 cm³/mol. The highest BCUT2D eigenvalue weighted by atomic mass is 35.5. The van der Waals surface area contributed by atoms with Crippen molar-refractivity contribution in [2.75, 3.05) is 59.2 Å². The molecule has 0 radical (unpaired) electrons. The summed E-state index contributed by atoms with van der Waals surface area (Å²) in [5.74, 6) is 5.44. The van der Waals surface area contributed by atoms with Crippen LogP contribution < -0.4 is 41.4 Å². The second kappa shape index (κ2) is 26.0. The number of rotatable bonds is 13. The molecule has 3 aliphatic rings. The van der Waals surface area contributed by atoms with Crippen LogP contribution in [0.5, 0.6) is 11.5 Å². The summed E-state index contributed by atoms with van der Waals surface area (Å²) in [6, 6.07) is 39.7. The Balaban J connectivity index is 0.000000123. The highest BCUT2D eigenvalue weighted by Gasteiger charge is 2.25. The third-order valence-corrected chi connectivity index (χ3v) is 15.3. The van der Waals surface area contributed by atoms with E-state index in [0.717, 1.165) is 149 Å². The molecule has 0 aliphatic carbocycles. The lowest BCUT2D eigenvalue weighted by atomic mass is 10.0. The lowest BCUT2D eigenvalue weighted by Crippen LogP contribution is -2.09. The Morgan fingerprint density at radius 2 is 0.854 bits per heavy atom. The second-order valence-corrected chi connectivity index (χ2v) is 21.1. The number of aromatic nitrogens is 12. The highest BCUT2D eigenvalue weighted by Crippen LogP contribution is 2.45. The van der Waals surface area contributed by atoms with Crippen molar-refractivity contribution in [3.8, 4) is 78.7 Å². The van der Waals surface area contributed by atoms with Crippen molar-refractivity contribution < 1.29 is 9.47 Å². The number of aryl methyl sites for hydroxylation is 1. The first kappa shape index (κ1) is 56.6. The van der Waals surface area contributed by atoms with E-state index in [1.807, 2.05) is 116 Å². The predicted octanol–water partition coefficient (Wildman–Crippen LogP) is 13.9. The van der Waals surface area contributed by atoms with Crippen LogP contribution in [0, 0.1) is 6.92 Å². The molecule has 0 unspecified atom stereocenters. The van der Waals surface area contributed by atoms with Gasteiger partial charge in [-0.1, -0.05) is 54.1 Å². The van der Waals surface area contributed by atoms with E-state index in [1.165, 1.54) is 11.1 Å². The normalized spacial score (nSPS) is 11.4. The van der Waals surface area contributed by atoms with E-state index in [4.69, 9.17) is 36.0 Å². The lowest BCUT2D eigenvalue weighted by molar-refractivity contribution is 0.354. The van der Waals surface area contributed by atoms with Gasteiger partial charge in [-0.3, -0.25) is 15.0 Å². The minimum atomic E-state index is 0.556. The van der Waals surface area contributed by atoms with E-state index in [2.05, 4.69) is 108 Å². The standard InChI is InChI=1S/C24H22N6O2.C23H20N6.C21H15ClN6/c1-31-20-6-5-15(12-21(20)32-2)7-11-27-24-28-13-18-16-8-10-25-14-19(16)29-23-17(22(18)30-24)4-3-9-26-23;1-15-5-2-3-6-16(15)8-12-26-23-27-13-19-17-9-11-24-14-20(17)28-22-18(21(19)29-23)7-4-10-25-22;22-14-5-3-13(4-6-14)10-25-21-26-11-17-15-7-9-23-12-18(15)27-20-16(19(17)28-21)2-1-8-24-20/h3-6,8-10,12-14H,7,11H2,1-2H3,(H,26,29)(H,27,28,30);2-7,9-11,13-14H,8,12H2,1H3,(H,25,28)(H,26,27,29);1-9,11-12H,10H2,(H,24,27)(H,25,26,28). The number of methoxy groups -OCH3 is 2. The molecule has 9 aromatic heterocycles. The maximum atomic E-state index is 5.95. The summed E-state index contributed by atoms with van der Waals surface area (Å²) in [7, 11) is 3.27. The SMILES string of the molecule is COc1ccc(CCNc2ncc3c(n2)-c2cccnc2Nc2cnccc2-3)cc1OC.Cc1ccccc1CCNc1ncc2c(n1)-c1cccnc1Nc1cnccc1-2.Clc1ccc(CNc2ncc3c(n2)-c2cccnc2Nc2cnccc2-3)cc1. The average Bonchev–Trinajstić information content (AvgIpc) is 2.15. The van der Waals surface area contributed by atoms with Crippen LogP contribution in [0.1, 0.15) is 22.3 Å². The summed E-state index contributed by atoms with van der Waals surface area (Å²) >= 11 is 5.95. The number of hydrogen-bond acceptors (Lipinski definition) is 20. The van der Waals surface area contributed by atoms with Crippen molar-refractivity contribution in [3.05, 3.63) is 223 Å². The molecule has 3 aromatic carbocycles. The largest absolute Gasteiger partial charge is 0.493 e. The molecule has 3 aliphatic heterocycles. The zero-order valence-electron chi connectivity index (χ0n) is 48.6. The molecule has 0 saturated carbocycles. The molecule has 15 rings (SSSR count). The summed E-state index contributed by atoms with van der Waals surface area (Å²) in [5, 5.41) is 20.8. The van der Waals surface area contributed by atoms with Gasteiger partial charge in [-0.05, 0) is 121 Å². The molecule has 0 fully saturated rings. The zero-order valence-corrected chi connectivity index (χ0v) is 49.3. The van der Waals surface area contributed by atoms with Crippen molar-refractivity contribution in [2.24, 2.45) is 0 Å². The van der Waals surface area contributed by atoms with E-state index < -0.39 is 0 Å². The number of benzene rings is 3. The molecule has 0 saturated heterocycles. The van der Waals surface area contributed by atoms with Crippen LogP contribution in [0.25, 0.3) is 67.2 Å². The number of halogens is 1. The van der Waals surface area contributed by atoms with E-state index in [1.54, 1.807) is 70.0 Å². The molecule has 0 atom stereocenters. The Morgan fingerprint density at radius 3 is 1.33 bits per heavy atom. The Labute approximate surface area is 517 Å². The number of ether oxygens (including phenoxy) is 2. The van der Waals surface area contributed by atoms with Crippen molar-refractivity contribution >= 4 is 64.0 Å². The maximum absolute atomic E-state index is 5.95. The smallest absolute Gasteiger partial charge is 0.223 e. The molecule has 20 nitrogen and oxygen atoms in total. The minimum Gasteiger partial charge on any atom is -0.493 e. The Kier molecular flexibility index (Phi) is 16.5. The fourth-order valence-electron chi connectivity index (χ4n) is 10.6. The molecule has 438 valence electrons. The fraction of sp³-hybridized carbons (Fsp3) is 0.118. The van der Waals surface area contributed by atoms with Crippen LogP contribution in [-0.4, -0.2) is 87.1 Å². The molecule has 0 bridgehead atoms. The van der Waals surface area contributed by atoms with E-state index in [9.17, 15) is 0 Å². The van der Waals surface area contributed by atoms with Gasteiger partial charge in [0.25, 0.3) is 0 Å². The van der Waals surface area contributed by atoms with Crippen LogP contribution in [-0.2, 0) is 19.4 Å². The van der Waals surface area contributed by atoms with Crippen molar-refractivity contribution in [3.63, 3.8) is 0 Å². The summed E-state index contributed by atoms with van der Waals surface area (Å²) in [6.07, 6.45) is 23.3. The lowest BCUT2D eigenvalue weighted by Gasteiger charge is -2.12. The van der Waals surface area contributed by atoms with Crippen molar-refractivity contribution in [1.29, 1.82) is 0 Å². The number of hydrogen-bond donors (Lipinski definition) is 6. The average molecular weight is 1190 g/mol. The van der Waals surface area contributed by atoms with Crippen LogP contribution in [0.15, 0.2) is 196 Å². The molecular weight excluding hydrogens is 1140 g/mol. The van der Waals surface area contributed by atoms with E-state index >= 15 is 0 Å². The van der Waals surface area contributed by atoms with Crippen LogP contribution in [0.3, 0.4) is 0 Å². The van der Waals surface area contributed by atoms with Gasteiger partial charge in [0.2, 0.25) is 17.8 Å². The monoisotopic (exact) mass is 1190 g/mol. The van der Waals surface area contributed by atoms with E-state index in [-0.39, 0.29) is 0 Å².